The van der Waals surface area contributed by atoms with Gasteiger partial charge in [-0.05, 0) is 36.4 Å². The molecule has 3 atom stereocenters. The maximum Gasteiger partial charge on any atom is 3.00 e. The molecule has 0 aliphatic rings. The van der Waals surface area contributed by atoms with E-state index in [1.165, 1.54) is 0 Å². The largest absolute Gasteiger partial charge is 3.00 e. The van der Waals surface area contributed by atoms with Crippen molar-refractivity contribution in [2.24, 2.45) is 0 Å². The summed E-state index contributed by atoms with van der Waals surface area (Å²) in [6.07, 6.45) is 0. The molecule has 10 heteroatoms. The Morgan fingerprint density at radius 1 is 0.429 bits per heavy atom. The first kappa shape index (κ1) is 27.4. The van der Waals surface area contributed by atoms with Crippen LogP contribution in [0.4, 0.5) is 0 Å². The van der Waals surface area contributed by atoms with Crippen molar-refractivity contribution in [1.82, 2.24) is 0 Å². The number of benzene rings is 3. The van der Waals surface area contributed by atoms with E-state index >= 15 is 0 Å². The van der Waals surface area contributed by atoms with Crippen molar-refractivity contribution < 1.29 is 77.8 Å². The molecule has 0 amide bonds. The SMILES string of the molecule is O=[P+]([O-])c1ccccc1.O=[P+]([O-])c1ccccc1.O=[P+]([O-])c1ccccc1.[Eu+3]. The first-order valence-corrected chi connectivity index (χ1v) is 11.0. The quantitative estimate of drug-likeness (QED) is 0.436. The molecule has 0 saturated carbocycles. The van der Waals surface area contributed by atoms with Gasteiger partial charge < -0.3 is 14.7 Å². The topological polar surface area (TPSA) is 120 Å². The maximum atomic E-state index is 10.2. The third-order valence-corrected chi connectivity index (χ3v) is 5.06. The Balaban J connectivity index is 0.000000384. The van der Waals surface area contributed by atoms with E-state index < -0.39 is 24.1 Å². The monoisotopic (exact) mass is 573 g/mol. The van der Waals surface area contributed by atoms with Gasteiger partial charge in [-0.15, -0.1) is 0 Å². The second-order valence-electron chi connectivity index (χ2n) is 4.78. The molecule has 142 valence electrons. The Bertz CT molecular complexity index is 747. The van der Waals surface area contributed by atoms with Gasteiger partial charge in [-0.2, -0.15) is 0 Å². The van der Waals surface area contributed by atoms with Gasteiger partial charge in [0.1, 0.15) is 0 Å². The summed E-state index contributed by atoms with van der Waals surface area (Å²) < 4.78 is 30.7. The van der Waals surface area contributed by atoms with E-state index in [0.717, 1.165) is 0 Å². The van der Waals surface area contributed by atoms with E-state index in [2.05, 4.69) is 0 Å². The van der Waals surface area contributed by atoms with Crippen LogP contribution in [-0.2, 0) is 13.7 Å². The molecular weight excluding hydrogens is 557 g/mol. The minimum atomic E-state index is -2.40. The minimum Gasteiger partial charge on any atom is -0.591 e. The predicted molar refractivity (Wildman–Crippen MR) is 101 cm³/mol. The molecule has 0 heterocycles. The van der Waals surface area contributed by atoms with Gasteiger partial charge in [0.15, 0.2) is 15.9 Å². The third kappa shape index (κ3) is 12.1. The molecule has 0 N–H and O–H groups in total. The fourth-order valence-electron chi connectivity index (χ4n) is 1.65. The normalized spacial score (nSPS) is 10.6. The summed E-state index contributed by atoms with van der Waals surface area (Å²) in [6.45, 7) is 0. The zero-order valence-electron chi connectivity index (χ0n) is 14.3. The van der Waals surface area contributed by atoms with Crippen molar-refractivity contribution >= 4 is 40.0 Å². The average molecular weight is 572 g/mol. The molecule has 0 spiro atoms. The Kier molecular flexibility index (Phi) is 15.9. The van der Waals surface area contributed by atoms with Gasteiger partial charge in [-0.1, -0.05) is 68.3 Å². The smallest absolute Gasteiger partial charge is 0.591 e. The summed E-state index contributed by atoms with van der Waals surface area (Å²) in [5, 5.41) is 1.10. The molecule has 3 unspecified atom stereocenters. The molecule has 0 saturated heterocycles. The van der Waals surface area contributed by atoms with Crippen LogP contribution in [0.5, 0.6) is 0 Å². The zero-order valence-corrected chi connectivity index (χ0v) is 19.4. The van der Waals surface area contributed by atoms with Crippen LogP contribution in [0.25, 0.3) is 0 Å². The van der Waals surface area contributed by atoms with E-state index in [0.29, 0.717) is 15.9 Å². The fourth-order valence-corrected chi connectivity index (χ4v) is 2.90. The van der Waals surface area contributed by atoms with E-state index in [9.17, 15) is 28.4 Å². The van der Waals surface area contributed by atoms with Gasteiger partial charge in [0.25, 0.3) is 0 Å². The zero-order chi connectivity index (χ0) is 20.1. The molecule has 0 radical (unpaired) electrons. The second kappa shape index (κ2) is 16.2. The summed E-state index contributed by atoms with van der Waals surface area (Å²) >= 11 is 0. The average Bonchev–Trinajstić information content (AvgIpc) is 2.71. The molecule has 3 aromatic carbocycles. The summed E-state index contributed by atoms with van der Waals surface area (Å²) in [5.41, 5.74) is 0. The Morgan fingerprint density at radius 3 is 0.714 bits per heavy atom. The Labute approximate surface area is 206 Å². The van der Waals surface area contributed by atoms with Gasteiger partial charge in [0.05, 0.1) is 0 Å². The summed E-state index contributed by atoms with van der Waals surface area (Å²) in [5.74, 6) is 0. The molecule has 0 fully saturated rings. The first-order chi connectivity index (χ1) is 12.9. The molecule has 0 aliphatic carbocycles. The van der Waals surface area contributed by atoms with E-state index in [-0.39, 0.29) is 49.4 Å². The van der Waals surface area contributed by atoms with Crippen molar-refractivity contribution in [2.45, 2.75) is 0 Å². The van der Waals surface area contributed by atoms with Crippen LogP contribution in [0.2, 0.25) is 0 Å². The van der Waals surface area contributed by atoms with Crippen molar-refractivity contribution in [2.75, 3.05) is 0 Å². The molecule has 6 nitrogen and oxygen atoms in total. The van der Waals surface area contributed by atoms with Crippen molar-refractivity contribution in [3.63, 3.8) is 0 Å². The van der Waals surface area contributed by atoms with Gasteiger partial charge in [-0.3, -0.25) is 0 Å². The fraction of sp³-hybridized carbons (Fsp3) is 0. The van der Waals surface area contributed by atoms with E-state index in [4.69, 9.17) is 0 Å². The van der Waals surface area contributed by atoms with Crippen LogP contribution in [-0.4, -0.2) is 0 Å². The van der Waals surface area contributed by atoms with E-state index in [1.807, 2.05) is 0 Å². The van der Waals surface area contributed by atoms with Crippen molar-refractivity contribution in [3.8, 4) is 0 Å². The first-order valence-electron chi connectivity index (χ1n) is 7.50. The molecule has 0 aromatic heterocycles. The van der Waals surface area contributed by atoms with Crippen molar-refractivity contribution in [1.29, 1.82) is 0 Å². The Morgan fingerprint density at radius 2 is 0.607 bits per heavy atom. The Hall–Kier alpha value is -0.576. The molecule has 0 aliphatic heterocycles. The number of hydrogen-bond donors (Lipinski definition) is 0. The number of hydrogen-bond acceptors (Lipinski definition) is 6. The molecular formula is C18H15EuO6P3+3. The minimum absolute atomic E-state index is 0. The molecule has 3 aromatic rings. The van der Waals surface area contributed by atoms with Gasteiger partial charge in [0.2, 0.25) is 0 Å². The van der Waals surface area contributed by atoms with Crippen LogP contribution < -0.4 is 30.6 Å². The molecule has 3 rings (SSSR count). The summed E-state index contributed by atoms with van der Waals surface area (Å²) in [4.78, 5) is 30.7. The third-order valence-electron chi connectivity index (χ3n) is 2.90. The molecule has 0 bridgehead atoms. The number of rotatable bonds is 3. The van der Waals surface area contributed by atoms with E-state index in [1.54, 1.807) is 91.0 Å². The van der Waals surface area contributed by atoms with Crippen LogP contribution >= 0.6 is 24.1 Å². The van der Waals surface area contributed by atoms with Crippen LogP contribution in [0, 0.1) is 49.4 Å². The van der Waals surface area contributed by atoms with Crippen LogP contribution in [0.3, 0.4) is 0 Å². The standard InChI is InChI=1S/3C6H5O2P.Eu/c3*7-9(8)6-4-2-1-3-5-6;/h3*1-5H;/q;;;+3. The van der Waals surface area contributed by atoms with Crippen LogP contribution in [0.15, 0.2) is 91.0 Å². The summed E-state index contributed by atoms with van der Waals surface area (Å²) in [6, 6.07) is 24.9. The van der Waals surface area contributed by atoms with Crippen molar-refractivity contribution in [3.05, 3.63) is 91.0 Å². The molecule has 28 heavy (non-hydrogen) atoms. The summed E-state index contributed by atoms with van der Waals surface area (Å²) in [7, 11) is -7.19. The predicted octanol–water partition coefficient (Wildman–Crippen LogP) is 1.24. The van der Waals surface area contributed by atoms with Crippen LogP contribution in [0.1, 0.15) is 0 Å². The second-order valence-corrected chi connectivity index (χ2v) is 7.87. The van der Waals surface area contributed by atoms with Gasteiger partial charge >= 0.3 is 73.5 Å². The van der Waals surface area contributed by atoms with Gasteiger partial charge in [-0.25, -0.2) is 0 Å². The van der Waals surface area contributed by atoms with Gasteiger partial charge in [0, 0.05) is 0 Å². The maximum absolute atomic E-state index is 10.2.